The van der Waals surface area contributed by atoms with E-state index in [4.69, 9.17) is 0 Å². The van der Waals surface area contributed by atoms with E-state index in [9.17, 15) is 16.8 Å². The van der Waals surface area contributed by atoms with Crippen LogP contribution in [0.4, 0.5) is 0 Å². The van der Waals surface area contributed by atoms with Gasteiger partial charge >= 0.3 is 0 Å². The third-order valence-corrected chi connectivity index (χ3v) is 7.50. The first kappa shape index (κ1) is 14.3. The van der Waals surface area contributed by atoms with Crippen LogP contribution >= 0.6 is 0 Å². The van der Waals surface area contributed by atoms with Crippen molar-refractivity contribution >= 4 is 19.7 Å². The maximum absolute atomic E-state index is 11.6. The minimum absolute atomic E-state index is 0.00306. The van der Waals surface area contributed by atoms with Gasteiger partial charge in [-0.3, -0.25) is 0 Å². The summed E-state index contributed by atoms with van der Waals surface area (Å²) in [6.45, 7) is 0.621. The first-order chi connectivity index (χ1) is 8.28. The van der Waals surface area contributed by atoms with Gasteiger partial charge < -0.3 is 5.32 Å². The maximum Gasteiger partial charge on any atom is 0.151 e. The zero-order valence-electron chi connectivity index (χ0n) is 10.6. The average Bonchev–Trinajstić information content (AvgIpc) is 2.80. The van der Waals surface area contributed by atoms with Gasteiger partial charge in [-0.05, 0) is 31.7 Å². The lowest BCUT2D eigenvalue weighted by Gasteiger charge is -2.21. The molecule has 1 heterocycles. The summed E-state index contributed by atoms with van der Waals surface area (Å²) >= 11 is 0. The molecule has 3 unspecified atom stereocenters. The van der Waals surface area contributed by atoms with Crippen LogP contribution in [0.2, 0.25) is 0 Å². The molecule has 1 aliphatic carbocycles. The van der Waals surface area contributed by atoms with E-state index in [2.05, 4.69) is 5.32 Å². The van der Waals surface area contributed by atoms with Crippen LogP contribution in [0.3, 0.4) is 0 Å². The Morgan fingerprint density at radius 3 is 2.50 bits per heavy atom. The highest BCUT2D eigenvalue weighted by Gasteiger charge is 2.35. The number of hydrogen-bond acceptors (Lipinski definition) is 5. The van der Waals surface area contributed by atoms with Gasteiger partial charge in [0.05, 0.1) is 16.8 Å². The lowest BCUT2D eigenvalue weighted by Crippen LogP contribution is -2.42. The molecule has 1 saturated heterocycles. The third-order valence-electron chi connectivity index (χ3n) is 4.00. The summed E-state index contributed by atoms with van der Waals surface area (Å²) in [6.07, 6.45) is 4.51. The second kappa shape index (κ2) is 5.09. The predicted octanol–water partition coefficient (Wildman–Crippen LogP) is -0.0236. The zero-order chi connectivity index (χ0) is 13.4. The van der Waals surface area contributed by atoms with Gasteiger partial charge in [0.25, 0.3) is 0 Å². The quantitative estimate of drug-likeness (QED) is 0.788. The van der Waals surface area contributed by atoms with Crippen LogP contribution in [-0.2, 0) is 19.7 Å². The van der Waals surface area contributed by atoms with E-state index in [1.54, 1.807) is 0 Å². The van der Waals surface area contributed by atoms with Crippen molar-refractivity contribution in [2.75, 3.05) is 24.3 Å². The Kier molecular flexibility index (Phi) is 4.04. The van der Waals surface area contributed by atoms with Crippen LogP contribution < -0.4 is 5.32 Å². The first-order valence-corrected chi connectivity index (χ1v) is 10.2. The fourth-order valence-corrected chi connectivity index (χ4v) is 6.31. The fourth-order valence-electron chi connectivity index (χ4n) is 3.02. The van der Waals surface area contributed by atoms with Crippen molar-refractivity contribution in [3.05, 3.63) is 0 Å². The fraction of sp³-hybridized carbons (Fsp3) is 1.00. The molecule has 0 amide bonds. The molecular formula is C11H21NO4S2. The highest BCUT2D eigenvalue weighted by molar-refractivity contribution is 7.91. The smallest absolute Gasteiger partial charge is 0.151 e. The molecule has 0 aromatic carbocycles. The molecule has 7 heteroatoms. The molecule has 2 rings (SSSR count). The Hall–Kier alpha value is -0.140. The van der Waals surface area contributed by atoms with Crippen molar-refractivity contribution in [2.45, 2.75) is 37.0 Å². The first-order valence-electron chi connectivity index (χ1n) is 6.40. The molecule has 0 aromatic rings. The molecule has 3 atom stereocenters. The summed E-state index contributed by atoms with van der Waals surface area (Å²) in [5.41, 5.74) is 0. The zero-order valence-corrected chi connectivity index (χ0v) is 12.3. The van der Waals surface area contributed by atoms with Crippen molar-refractivity contribution in [1.82, 2.24) is 5.32 Å². The van der Waals surface area contributed by atoms with Gasteiger partial charge in [-0.15, -0.1) is 0 Å². The van der Waals surface area contributed by atoms with E-state index in [1.807, 2.05) is 0 Å². The molecule has 5 nitrogen and oxygen atoms in total. The van der Waals surface area contributed by atoms with Gasteiger partial charge in [0.2, 0.25) is 0 Å². The molecule has 106 valence electrons. The number of nitrogens with one attached hydrogen (secondary N) is 1. The Bertz CT molecular complexity index is 497. The minimum atomic E-state index is -3.00. The average molecular weight is 295 g/mol. The van der Waals surface area contributed by atoms with Gasteiger partial charge in [-0.2, -0.15) is 0 Å². The van der Waals surface area contributed by atoms with Gasteiger partial charge in [0.15, 0.2) is 19.7 Å². The van der Waals surface area contributed by atoms with Gasteiger partial charge in [-0.1, -0.05) is 6.42 Å². The molecule has 0 bridgehead atoms. The van der Waals surface area contributed by atoms with Crippen LogP contribution in [0, 0.1) is 5.92 Å². The summed E-state index contributed by atoms with van der Waals surface area (Å²) in [5.74, 6) is 0.672. The normalized spacial score (nSPS) is 35.9. The highest BCUT2D eigenvalue weighted by Crippen LogP contribution is 2.26. The maximum atomic E-state index is 11.6. The van der Waals surface area contributed by atoms with Crippen LogP contribution in [0.5, 0.6) is 0 Å². The molecular weight excluding hydrogens is 274 g/mol. The number of sulfone groups is 2. The molecule has 2 fully saturated rings. The van der Waals surface area contributed by atoms with Gasteiger partial charge in [0.1, 0.15) is 0 Å². The lowest BCUT2D eigenvalue weighted by molar-refractivity contribution is 0.449. The second-order valence-corrected chi connectivity index (χ2v) is 10.1. The SMILES string of the molecule is CS(=O)(=O)C1CCCC1NCC1CCS(=O)(=O)C1. The lowest BCUT2D eigenvalue weighted by atomic mass is 10.1. The highest BCUT2D eigenvalue weighted by atomic mass is 32.2. The Balaban J connectivity index is 1.87. The topological polar surface area (TPSA) is 80.3 Å². The van der Waals surface area contributed by atoms with Crippen LogP contribution in [-0.4, -0.2) is 52.4 Å². The van der Waals surface area contributed by atoms with Crippen molar-refractivity contribution < 1.29 is 16.8 Å². The number of rotatable bonds is 4. The summed E-state index contributed by atoms with van der Waals surface area (Å²) in [5, 5.41) is 2.98. The van der Waals surface area contributed by atoms with Crippen LogP contribution in [0.25, 0.3) is 0 Å². The van der Waals surface area contributed by atoms with E-state index < -0.39 is 19.7 Å². The number of hydrogen-bond donors (Lipinski definition) is 1. The molecule has 1 N–H and O–H groups in total. The van der Waals surface area contributed by atoms with Crippen LogP contribution in [0.1, 0.15) is 25.7 Å². The van der Waals surface area contributed by atoms with E-state index in [0.29, 0.717) is 13.0 Å². The van der Waals surface area contributed by atoms with Gasteiger partial charge in [-0.25, -0.2) is 16.8 Å². The monoisotopic (exact) mass is 295 g/mol. The second-order valence-electron chi connectivity index (χ2n) is 5.58. The largest absolute Gasteiger partial charge is 0.312 e. The van der Waals surface area contributed by atoms with E-state index >= 15 is 0 Å². The summed E-state index contributed by atoms with van der Waals surface area (Å²) in [6, 6.07) is 0.00306. The Morgan fingerprint density at radius 2 is 1.94 bits per heavy atom. The van der Waals surface area contributed by atoms with Crippen LogP contribution in [0.15, 0.2) is 0 Å². The minimum Gasteiger partial charge on any atom is -0.312 e. The molecule has 1 saturated carbocycles. The predicted molar refractivity (Wildman–Crippen MR) is 71.0 cm³/mol. The van der Waals surface area contributed by atoms with Crippen molar-refractivity contribution in [1.29, 1.82) is 0 Å². The molecule has 0 aromatic heterocycles. The van der Waals surface area contributed by atoms with E-state index in [-0.39, 0.29) is 28.7 Å². The molecule has 1 aliphatic heterocycles. The van der Waals surface area contributed by atoms with Gasteiger partial charge in [0, 0.05) is 12.3 Å². The van der Waals surface area contributed by atoms with Crippen molar-refractivity contribution in [3.8, 4) is 0 Å². The Morgan fingerprint density at radius 1 is 1.22 bits per heavy atom. The van der Waals surface area contributed by atoms with Crippen molar-refractivity contribution in [2.24, 2.45) is 5.92 Å². The summed E-state index contributed by atoms with van der Waals surface area (Å²) < 4.78 is 45.9. The van der Waals surface area contributed by atoms with E-state index in [1.165, 1.54) is 6.26 Å². The van der Waals surface area contributed by atoms with Crippen molar-refractivity contribution in [3.63, 3.8) is 0 Å². The standard InChI is InChI=1S/C11H21NO4S2/c1-17(13,14)11-4-2-3-10(11)12-7-9-5-6-18(15,16)8-9/h9-12H,2-8H2,1H3. The molecule has 18 heavy (non-hydrogen) atoms. The third kappa shape index (κ3) is 3.45. The molecule has 0 radical (unpaired) electrons. The van der Waals surface area contributed by atoms with E-state index in [0.717, 1.165) is 19.3 Å². The molecule has 2 aliphatic rings. The molecule has 0 spiro atoms. The summed E-state index contributed by atoms with van der Waals surface area (Å²) in [4.78, 5) is 0. The Labute approximate surface area is 109 Å². The summed E-state index contributed by atoms with van der Waals surface area (Å²) in [7, 11) is -5.84.